The van der Waals surface area contributed by atoms with Gasteiger partial charge in [0.05, 0.1) is 11.3 Å². The lowest BCUT2D eigenvalue weighted by Crippen LogP contribution is -2.14. The van der Waals surface area contributed by atoms with E-state index in [0.29, 0.717) is 15.7 Å². The van der Waals surface area contributed by atoms with Crippen LogP contribution in [0.25, 0.3) is 0 Å². The van der Waals surface area contributed by atoms with Crippen LogP contribution in [0.3, 0.4) is 0 Å². The molecule has 0 bridgehead atoms. The highest BCUT2D eigenvalue weighted by atomic mass is 79.9. The number of hydrogen-bond acceptors (Lipinski definition) is 2. The van der Waals surface area contributed by atoms with Crippen LogP contribution in [0, 0.1) is 12.7 Å². The van der Waals surface area contributed by atoms with E-state index in [4.69, 9.17) is 5.73 Å². The van der Waals surface area contributed by atoms with Crippen molar-refractivity contribution >= 4 is 33.2 Å². The van der Waals surface area contributed by atoms with Crippen LogP contribution in [0.1, 0.15) is 15.9 Å². The van der Waals surface area contributed by atoms with E-state index in [9.17, 15) is 9.18 Å². The predicted molar refractivity (Wildman–Crippen MR) is 77.6 cm³/mol. The summed E-state index contributed by atoms with van der Waals surface area (Å²) in [4.78, 5) is 12.1. The van der Waals surface area contributed by atoms with Gasteiger partial charge in [-0.25, -0.2) is 4.39 Å². The Bertz CT molecular complexity index is 643. The molecule has 19 heavy (non-hydrogen) atoms. The van der Waals surface area contributed by atoms with E-state index in [1.807, 2.05) is 13.0 Å². The summed E-state index contributed by atoms with van der Waals surface area (Å²) in [5.74, 6) is -0.934. The maximum Gasteiger partial charge on any atom is 0.256 e. The highest BCUT2D eigenvalue weighted by Crippen LogP contribution is 2.22. The second-order valence-corrected chi connectivity index (χ2v) is 5.03. The van der Waals surface area contributed by atoms with Gasteiger partial charge in [-0.15, -0.1) is 0 Å². The van der Waals surface area contributed by atoms with Gasteiger partial charge in [0.1, 0.15) is 5.82 Å². The number of benzene rings is 2. The average molecular weight is 323 g/mol. The molecule has 3 nitrogen and oxygen atoms in total. The third-order valence-electron chi connectivity index (χ3n) is 2.61. The zero-order valence-corrected chi connectivity index (χ0v) is 11.8. The molecule has 0 spiro atoms. The van der Waals surface area contributed by atoms with Gasteiger partial charge < -0.3 is 11.1 Å². The van der Waals surface area contributed by atoms with Crippen molar-refractivity contribution < 1.29 is 9.18 Å². The number of amides is 1. The molecule has 2 aromatic carbocycles. The minimum absolute atomic E-state index is 0.104. The lowest BCUT2D eigenvalue weighted by atomic mass is 10.1. The van der Waals surface area contributed by atoms with E-state index in [-0.39, 0.29) is 11.6 Å². The molecule has 0 unspecified atom stereocenters. The van der Waals surface area contributed by atoms with E-state index < -0.39 is 5.82 Å². The molecular formula is C14H12BrFN2O. The van der Waals surface area contributed by atoms with Crippen LogP contribution >= 0.6 is 15.9 Å². The molecule has 0 aliphatic carbocycles. The predicted octanol–water partition coefficient (Wildman–Crippen LogP) is 3.73. The molecule has 0 saturated carbocycles. The van der Waals surface area contributed by atoms with Crippen molar-refractivity contribution in [3.63, 3.8) is 0 Å². The topological polar surface area (TPSA) is 55.1 Å². The molecule has 5 heteroatoms. The Balaban J connectivity index is 2.28. The van der Waals surface area contributed by atoms with Gasteiger partial charge in [0.2, 0.25) is 0 Å². The van der Waals surface area contributed by atoms with Crippen molar-refractivity contribution in [3.8, 4) is 0 Å². The molecule has 3 N–H and O–H groups in total. The molecule has 98 valence electrons. The van der Waals surface area contributed by atoms with Crippen LogP contribution in [0.2, 0.25) is 0 Å². The minimum atomic E-state index is -0.558. The number of carbonyl (C=O) groups is 1. The minimum Gasteiger partial charge on any atom is -0.399 e. The van der Waals surface area contributed by atoms with Crippen molar-refractivity contribution in [3.05, 3.63) is 57.8 Å². The summed E-state index contributed by atoms with van der Waals surface area (Å²) in [6.07, 6.45) is 0. The van der Waals surface area contributed by atoms with Crippen molar-refractivity contribution in [1.29, 1.82) is 0 Å². The molecule has 0 fully saturated rings. The molecule has 1 amide bonds. The molecule has 0 atom stereocenters. The van der Waals surface area contributed by atoms with Gasteiger partial charge in [-0.3, -0.25) is 4.79 Å². The third kappa shape index (κ3) is 3.12. The summed E-state index contributed by atoms with van der Waals surface area (Å²) < 4.78 is 14.3. The monoisotopic (exact) mass is 322 g/mol. The zero-order chi connectivity index (χ0) is 14.0. The van der Waals surface area contributed by atoms with Crippen LogP contribution in [0.5, 0.6) is 0 Å². The second kappa shape index (κ2) is 5.40. The molecule has 0 saturated heterocycles. The fraction of sp³-hybridized carbons (Fsp3) is 0.0714. The number of aryl methyl sites for hydroxylation is 1. The molecule has 0 aliphatic heterocycles. The smallest absolute Gasteiger partial charge is 0.256 e. The lowest BCUT2D eigenvalue weighted by Gasteiger charge is -2.09. The number of halogens is 2. The molecule has 0 heterocycles. The summed E-state index contributed by atoms with van der Waals surface area (Å²) in [6, 6.07) is 9.53. The van der Waals surface area contributed by atoms with Crippen LogP contribution in [0.4, 0.5) is 15.8 Å². The van der Waals surface area contributed by atoms with Crippen LogP contribution < -0.4 is 11.1 Å². The zero-order valence-electron chi connectivity index (χ0n) is 10.2. The maximum atomic E-state index is 13.6. The quantitative estimate of drug-likeness (QED) is 0.828. The molecule has 0 radical (unpaired) electrons. The summed E-state index contributed by atoms with van der Waals surface area (Å²) in [6.45, 7) is 1.88. The van der Waals surface area contributed by atoms with Gasteiger partial charge in [0.15, 0.2) is 0 Å². The largest absolute Gasteiger partial charge is 0.399 e. The first kappa shape index (κ1) is 13.5. The fourth-order valence-corrected chi connectivity index (χ4v) is 2.06. The first-order valence-electron chi connectivity index (χ1n) is 5.60. The normalized spacial score (nSPS) is 10.3. The highest BCUT2D eigenvalue weighted by molar-refractivity contribution is 9.10. The molecule has 2 rings (SSSR count). The van der Waals surface area contributed by atoms with Crippen LogP contribution in [0.15, 0.2) is 40.9 Å². The Morgan fingerprint density at radius 1 is 1.26 bits per heavy atom. The number of nitrogens with two attached hydrogens (primary N) is 1. The Hall–Kier alpha value is -1.88. The van der Waals surface area contributed by atoms with Crippen molar-refractivity contribution in [1.82, 2.24) is 0 Å². The Labute approximate surface area is 118 Å². The van der Waals surface area contributed by atoms with E-state index in [0.717, 1.165) is 5.56 Å². The van der Waals surface area contributed by atoms with Gasteiger partial charge in [-0.2, -0.15) is 0 Å². The third-order valence-corrected chi connectivity index (χ3v) is 3.30. The second-order valence-electron chi connectivity index (χ2n) is 4.18. The standard InChI is InChI=1S/C14H12BrFN2O/c1-8-2-4-11(15)10(6-8)14(19)18-13-5-3-9(17)7-12(13)16/h2-7H,17H2,1H3,(H,18,19). The van der Waals surface area contributed by atoms with Crippen molar-refractivity contribution in [2.24, 2.45) is 0 Å². The Morgan fingerprint density at radius 2 is 2.00 bits per heavy atom. The average Bonchev–Trinajstić information content (AvgIpc) is 2.35. The molecule has 2 aromatic rings. The van der Waals surface area contributed by atoms with Crippen molar-refractivity contribution in [2.45, 2.75) is 6.92 Å². The summed E-state index contributed by atoms with van der Waals surface area (Å²) >= 11 is 3.30. The Morgan fingerprint density at radius 3 is 2.68 bits per heavy atom. The number of hydrogen-bond donors (Lipinski definition) is 2. The van der Waals surface area contributed by atoms with Crippen LogP contribution in [-0.4, -0.2) is 5.91 Å². The first-order valence-corrected chi connectivity index (χ1v) is 6.39. The number of anilines is 2. The number of nitrogen functional groups attached to an aromatic ring is 1. The Kier molecular flexibility index (Phi) is 3.85. The molecular weight excluding hydrogens is 311 g/mol. The number of rotatable bonds is 2. The van der Waals surface area contributed by atoms with E-state index in [2.05, 4.69) is 21.2 Å². The first-order chi connectivity index (χ1) is 8.97. The van der Waals surface area contributed by atoms with E-state index in [1.54, 1.807) is 12.1 Å². The number of carbonyl (C=O) groups excluding carboxylic acids is 1. The van der Waals surface area contributed by atoms with Gasteiger partial charge in [0.25, 0.3) is 5.91 Å². The summed E-state index contributed by atoms with van der Waals surface area (Å²) in [5.41, 5.74) is 7.27. The molecule has 0 aromatic heterocycles. The van der Waals surface area contributed by atoms with Gasteiger partial charge in [-0.05, 0) is 53.2 Å². The van der Waals surface area contributed by atoms with Crippen LogP contribution in [-0.2, 0) is 0 Å². The highest BCUT2D eigenvalue weighted by Gasteiger charge is 2.12. The van der Waals surface area contributed by atoms with E-state index >= 15 is 0 Å². The summed E-state index contributed by atoms with van der Waals surface area (Å²) in [7, 11) is 0. The van der Waals surface area contributed by atoms with E-state index in [1.165, 1.54) is 18.2 Å². The maximum absolute atomic E-state index is 13.6. The lowest BCUT2D eigenvalue weighted by molar-refractivity contribution is 0.102. The van der Waals surface area contributed by atoms with Gasteiger partial charge in [0, 0.05) is 10.2 Å². The van der Waals surface area contributed by atoms with Gasteiger partial charge >= 0.3 is 0 Å². The molecule has 0 aliphatic rings. The van der Waals surface area contributed by atoms with Gasteiger partial charge in [-0.1, -0.05) is 11.6 Å². The van der Waals surface area contributed by atoms with Crippen molar-refractivity contribution in [2.75, 3.05) is 11.1 Å². The number of nitrogens with one attached hydrogen (secondary N) is 1. The fourth-order valence-electron chi connectivity index (χ4n) is 1.64. The SMILES string of the molecule is Cc1ccc(Br)c(C(=O)Nc2ccc(N)cc2F)c1. The summed E-state index contributed by atoms with van der Waals surface area (Å²) in [5, 5.41) is 2.52.